The second-order valence-electron chi connectivity index (χ2n) is 11.9. The Morgan fingerprint density at radius 1 is 0.370 bits per heavy atom. The van der Waals surface area contributed by atoms with E-state index in [1.807, 2.05) is 0 Å². The van der Waals surface area contributed by atoms with E-state index >= 15 is 0 Å². The number of nitrogens with zero attached hydrogens (tertiary/aromatic N) is 3. The summed E-state index contributed by atoms with van der Waals surface area (Å²) < 4.78 is 4.65. The van der Waals surface area contributed by atoms with Crippen molar-refractivity contribution in [2.75, 3.05) is 4.90 Å². The summed E-state index contributed by atoms with van der Waals surface area (Å²) in [6, 6.07) is 61.3. The van der Waals surface area contributed by atoms with Crippen LogP contribution >= 0.6 is 0 Å². The Morgan fingerprint density at radius 2 is 0.870 bits per heavy atom. The average molecular weight is 590 g/mol. The predicted molar refractivity (Wildman–Crippen MR) is 195 cm³/mol. The van der Waals surface area contributed by atoms with E-state index < -0.39 is 0 Å². The highest BCUT2D eigenvalue weighted by molar-refractivity contribution is 6.11. The molecule has 0 bridgehead atoms. The van der Waals surface area contributed by atoms with Gasteiger partial charge in [-0.1, -0.05) is 91.0 Å². The quantitative estimate of drug-likeness (QED) is 0.195. The van der Waals surface area contributed by atoms with Gasteiger partial charge in [0.2, 0.25) is 0 Å². The van der Waals surface area contributed by atoms with Crippen LogP contribution in [0, 0.1) is 0 Å². The Morgan fingerprint density at radius 3 is 1.63 bits per heavy atom. The van der Waals surface area contributed by atoms with Crippen LogP contribution in [0.2, 0.25) is 0 Å². The summed E-state index contributed by atoms with van der Waals surface area (Å²) in [5.74, 6) is 0. The van der Waals surface area contributed by atoms with Gasteiger partial charge in [0.1, 0.15) is 0 Å². The molecule has 0 saturated heterocycles. The standard InChI is InChI=1S/C43H31N3/c1-44-40-18-10-8-16-36(40)39-29-35(25-27-41(39)44)45(32-12-4-2-5-13-32)34-23-20-30(21-24-34)31-22-26-43-38(28-31)37-17-9-11-19-42(37)46(43)33-14-6-3-7-15-33/h2-29H,1H3. The zero-order valence-corrected chi connectivity index (χ0v) is 25.5. The summed E-state index contributed by atoms with van der Waals surface area (Å²) >= 11 is 0. The van der Waals surface area contributed by atoms with Crippen molar-refractivity contribution < 1.29 is 0 Å². The van der Waals surface area contributed by atoms with E-state index in [0.717, 1.165) is 17.1 Å². The number of para-hydroxylation sites is 4. The lowest BCUT2D eigenvalue weighted by atomic mass is 10.0. The Labute approximate surface area is 267 Å². The molecule has 0 aliphatic heterocycles. The highest BCUT2D eigenvalue weighted by atomic mass is 15.1. The molecule has 0 amide bonds. The van der Waals surface area contributed by atoms with Gasteiger partial charge in [-0.15, -0.1) is 0 Å². The van der Waals surface area contributed by atoms with Gasteiger partial charge in [0.15, 0.2) is 0 Å². The summed E-state index contributed by atoms with van der Waals surface area (Å²) in [4.78, 5) is 2.35. The minimum atomic E-state index is 1.12. The molecule has 0 atom stereocenters. The maximum atomic E-state index is 2.36. The minimum absolute atomic E-state index is 1.12. The first-order valence-corrected chi connectivity index (χ1v) is 15.8. The molecule has 9 rings (SSSR count). The van der Waals surface area contributed by atoms with E-state index in [2.05, 4.69) is 191 Å². The fraction of sp³-hybridized carbons (Fsp3) is 0.0233. The number of hydrogen-bond donors (Lipinski definition) is 0. The number of fused-ring (bicyclic) bond motifs is 6. The van der Waals surface area contributed by atoms with E-state index in [1.165, 1.54) is 60.4 Å². The van der Waals surface area contributed by atoms with Crippen molar-refractivity contribution in [3.63, 3.8) is 0 Å². The van der Waals surface area contributed by atoms with Crippen molar-refractivity contribution >= 4 is 60.7 Å². The third-order valence-corrected chi connectivity index (χ3v) is 9.32. The minimum Gasteiger partial charge on any atom is -0.344 e. The van der Waals surface area contributed by atoms with Gasteiger partial charge in [-0.25, -0.2) is 0 Å². The molecule has 9 aromatic rings. The molecule has 0 saturated carbocycles. The van der Waals surface area contributed by atoms with Crippen molar-refractivity contribution in [2.24, 2.45) is 7.05 Å². The number of aryl methyl sites for hydroxylation is 1. The van der Waals surface area contributed by atoms with Crippen molar-refractivity contribution in [1.29, 1.82) is 0 Å². The maximum Gasteiger partial charge on any atom is 0.0541 e. The lowest BCUT2D eigenvalue weighted by Gasteiger charge is -2.26. The van der Waals surface area contributed by atoms with Crippen LogP contribution in [0.1, 0.15) is 0 Å². The van der Waals surface area contributed by atoms with Crippen LogP contribution in [-0.2, 0) is 7.05 Å². The van der Waals surface area contributed by atoms with Crippen LogP contribution in [0.15, 0.2) is 170 Å². The first-order valence-electron chi connectivity index (χ1n) is 15.8. The molecule has 0 N–H and O–H groups in total. The molecule has 0 fully saturated rings. The first-order chi connectivity index (χ1) is 22.7. The summed E-state index contributed by atoms with van der Waals surface area (Å²) in [5.41, 5.74) is 11.9. The molecule has 2 heterocycles. The highest BCUT2D eigenvalue weighted by Crippen LogP contribution is 2.40. The van der Waals surface area contributed by atoms with Gasteiger partial charge in [-0.3, -0.25) is 0 Å². The van der Waals surface area contributed by atoms with Gasteiger partial charge < -0.3 is 14.0 Å². The lowest BCUT2D eigenvalue weighted by Crippen LogP contribution is -2.09. The van der Waals surface area contributed by atoms with Crippen molar-refractivity contribution in [3.8, 4) is 16.8 Å². The summed E-state index contributed by atoms with van der Waals surface area (Å²) in [6.45, 7) is 0. The van der Waals surface area contributed by atoms with Gasteiger partial charge >= 0.3 is 0 Å². The molecule has 3 heteroatoms. The maximum absolute atomic E-state index is 2.36. The fourth-order valence-electron chi connectivity index (χ4n) is 7.13. The van der Waals surface area contributed by atoms with E-state index in [-0.39, 0.29) is 0 Å². The van der Waals surface area contributed by atoms with Crippen LogP contribution in [0.5, 0.6) is 0 Å². The van der Waals surface area contributed by atoms with E-state index in [1.54, 1.807) is 0 Å². The van der Waals surface area contributed by atoms with Crippen molar-refractivity contribution in [3.05, 3.63) is 170 Å². The molecule has 218 valence electrons. The van der Waals surface area contributed by atoms with Crippen LogP contribution in [0.3, 0.4) is 0 Å². The predicted octanol–water partition coefficient (Wildman–Crippen LogP) is 11.6. The molecule has 46 heavy (non-hydrogen) atoms. The SMILES string of the molecule is Cn1c2ccccc2c2cc(N(c3ccccc3)c3ccc(-c4ccc5c(c4)c4ccccc4n5-c4ccccc4)cc3)ccc21. The van der Waals surface area contributed by atoms with Crippen LogP contribution in [0.4, 0.5) is 17.1 Å². The first kappa shape index (κ1) is 26.4. The number of rotatable bonds is 5. The smallest absolute Gasteiger partial charge is 0.0541 e. The van der Waals surface area contributed by atoms with Crippen LogP contribution in [0.25, 0.3) is 60.4 Å². The molecular formula is C43H31N3. The molecule has 0 radical (unpaired) electrons. The van der Waals surface area contributed by atoms with E-state index in [0.29, 0.717) is 0 Å². The van der Waals surface area contributed by atoms with Gasteiger partial charge in [0.05, 0.1) is 11.0 Å². The van der Waals surface area contributed by atoms with Crippen LogP contribution in [-0.4, -0.2) is 9.13 Å². The summed E-state index contributed by atoms with van der Waals surface area (Å²) in [5, 5.41) is 5.06. The highest BCUT2D eigenvalue weighted by Gasteiger charge is 2.17. The number of aromatic nitrogens is 2. The Bertz CT molecular complexity index is 2520. The number of benzene rings is 7. The number of hydrogen-bond acceptors (Lipinski definition) is 1. The second-order valence-corrected chi connectivity index (χ2v) is 11.9. The van der Waals surface area contributed by atoms with E-state index in [4.69, 9.17) is 0 Å². The second kappa shape index (κ2) is 10.5. The number of anilines is 3. The van der Waals surface area contributed by atoms with Crippen molar-refractivity contribution in [2.45, 2.75) is 0 Å². The lowest BCUT2D eigenvalue weighted by molar-refractivity contribution is 1.01. The fourth-order valence-corrected chi connectivity index (χ4v) is 7.13. The molecule has 0 aliphatic rings. The van der Waals surface area contributed by atoms with E-state index in [9.17, 15) is 0 Å². The largest absolute Gasteiger partial charge is 0.344 e. The molecule has 0 unspecified atom stereocenters. The third kappa shape index (κ3) is 4.13. The van der Waals surface area contributed by atoms with Crippen LogP contribution < -0.4 is 4.90 Å². The van der Waals surface area contributed by atoms with Gasteiger partial charge in [-0.05, 0) is 90.0 Å². The molecule has 2 aromatic heterocycles. The molecule has 7 aromatic carbocycles. The molecule has 0 aliphatic carbocycles. The molecule has 3 nitrogen and oxygen atoms in total. The molecule has 0 spiro atoms. The molecular weight excluding hydrogens is 558 g/mol. The van der Waals surface area contributed by atoms with Crippen molar-refractivity contribution in [1.82, 2.24) is 9.13 Å². The topological polar surface area (TPSA) is 13.1 Å². The third-order valence-electron chi connectivity index (χ3n) is 9.32. The monoisotopic (exact) mass is 589 g/mol. The Balaban J connectivity index is 1.15. The summed E-state index contributed by atoms with van der Waals surface area (Å²) in [6.07, 6.45) is 0. The zero-order chi connectivity index (χ0) is 30.6. The average Bonchev–Trinajstić information content (AvgIpc) is 3.61. The normalized spacial score (nSPS) is 11.6. The van der Waals surface area contributed by atoms with Gasteiger partial charge in [0.25, 0.3) is 0 Å². The summed E-state index contributed by atoms with van der Waals surface area (Å²) in [7, 11) is 2.15. The Kier molecular flexibility index (Phi) is 6.04. The van der Waals surface area contributed by atoms with Gasteiger partial charge in [0, 0.05) is 62.4 Å². The Hall–Kier alpha value is -6.06. The van der Waals surface area contributed by atoms with Gasteiger partial charge in [-0.2, -0.15) is 0 Å². The zero-order valence-electron chi connectivity index (χ0n) is 25.5.